The number of rotatable bonds is 9. The van der Waals surface area contributed by atoms with Crippen LogP contribution in [0.4, 0.5) is 0 Å². The Bertz CT molecular complexity index is 960. The molecule has 4 nitrogen and oxygen atoms in total. The van der Waals surface area contributed by atoms with Crippen LogP contribution in [0.25, 0.3) is 0 Å². The number of hydrogen-bond donors (Lipinski definition) is 1. The Morgan fingerprint density at radius 1 is 0.900 bits per heavy atom. The fourth-order valence-electron chi connectivity index (χ4n) is 3.13. The monoisotopic (exact) mass is 442 g/mol. The quantitative estimate of drug-likeness (QED) is 0.471. The molecule has 0 saturated heterocycles. The lowest BCUT2D eigenvalue weighted by Gasteiger charge is -2.24. The van der Waals surface area contributed by atoms with Crippen LogP contribution in [0.1, 0.15) is 27.9 Å². The van der Waals surface area contributed by atoms with E-state index in [0.29, 0.717) is 54.0 Å². The Hall–Kier alpha value is -2.53. The minimum atomic E-state index is -0.122. The van der Waals surface area contributed by atoms with Crippen LogP contribution in [0.3, 0.4) is 0 Å². The summed E-state index contributed by atoms with van der Waals surface area (Å²) in [6.45, 7) is 1.78. The number of hydrogen-bond acceptors (Lipinski definition) is 3. The molecule has 1 amide bonds. The summed E-state index contributed by atoms with van der Waals surface area (Å²) in [7, 11) is 0. The molecule has 30 heavy (non-hydrogen) atoms. The zero-order chi connectivity index (χ0) is 21.3. The standard InChI is InChI=1S/C24H24Cl2N2O2/c25-20-13-19(14-21(26)15-20)16-28(12-6-11-27)24(29)22-9-4-5-10-23(22)30-17-18-7-2-1-3-8-18/h1-5,7-10,13-15H,6,11-12,16-17,27H2. The van der Waals surface area contributed by atoms with Crippen LogP contribution >= 0.6 is 23.2 Å². The first-order valence-corrected chi connectivity index (χ1v) is 10.5. The van der Waals surface area contributed by atoms with Crippen molar-refractivity contribution in [3.8, 4) is 5.75 Å². The molecule has 0 saturated carbocycles. The van der Waals surface area contributed by atoms with Crippen molar-refractivity contribution in [3.63, 3.8) is 0 Å². The summed E-state index contributed by atoms with van der Waals surface area (Å²) >= 11 is 12.3. The summed E-state index contributed by atoms with van der Waals surface area (Å²) in [5.74, 6) is 0.427. The highest BCUT2D eigenvalue weighted by molar-refractivity contribution is 6.34. The van der Waals surface area contributed by atoms with Gasteiger partial charge < -0.3 is 15.4 Å². The van der Waals surface area contributed by atoms with Crippen molar-refractivity contribution in [2.24, 2.45) is 5.73 Å². The highest BCUT2D eigenvalue weighted by Crippen LogP contribution is 2.24. The second-order valence-electron chi connectivity index (χ2n) is 6.92. The molecule has 0 aliphatic heterocycles. The van der Waals surface area contributed by atoms with Gasteiger partial charge in [0.05, 0.1) is 5.56 Å². The first-order valence-electron chi connectivity index (χ1n) is 9.77. The van der Waals surface area contributed by atoms with Gasteiger partial charge in [0.1, 0.15) is 12.4 Å². The second-order valence-corrected chi connectivity index (χ2v) is 7.79. The highest BCUT2D eigenvalue weighted by atomic mass is 35.5. The zero-order valence-electron chi connectivity index (χ0n) is 16.6. The van der Waals surface area contributed by atoms with Crippen molar-refractivity contribution in [1.82, 2.24) is 4.90 Å². The third kappa shape index (κ3) is 6.23. The molecule has 0 aliphatic carbocycles. The molecular formula is C24H24Cl2N2O2. The minimum absolute atomic E-state index is 0.122. The maximum absolute atomic E-state index is 13.4. The zero-order valence-corrected chi connectivity index (χ0v) is 18.1. The van der Waals surface area contributed by atoms with Gasteiger partial charge in [-0.05, 0) is 54.4 Å². The molecule has 6 heteroatoms. The average molecular weight is 443 g/mol. The van der Waals surface area contributed by atoms with Crippen molar-refractivity contribution >= 4 is 29.1 Å². The lowest BCUT2D eigenvalue weighted by Crippen LogP contribution is -2.32. The Kier molecular flexibility index (Phi) is 8.14. The number of carbonyl (C=O) groups is 1. The van der Waals surface area contributed by atoms with Crippen LogP contribution in [-0.2, 0) is 13.2 Å². The summed E-state index contributed by atoms with van der Waals surface area (Å²) in [5.41, 5.74) is 8.10. The van der Waals surface area contributed by atoms with Crippen LogP contribution < -0.4 is 10.5 Å². The van der Waals surface area contributed by atoms with Crippen molar-refractivity contribution in [1.29, 1.82) is 0 Å². The van der Waals surface area contributed by atoms with E-state index in [2.05, 4.69) is 0 Å². The maximum Gasteiger partial charge on any atom is 0.257 e. The lowest BCUT2D eigenvalue weighted by atomic mass is 10.1. The molecule has 0 bridgehead atoms. The maximum atomic E-state index is 13.4. The third-order valence-electron chi connectivity index (χ3n) is 4.57. The van der Waals surface area contributed by atoms with E-state index >= 15 is 0 Å². The van der Waals surface area contributed by atoms with E-state index in [4.69, 9.17) is 33.7 Å². The number of amides is 1. The van der Waals surface area contributed by atoms with Gasteiger partial charge in [0.15, 0.2) is 0 Å². The van der Waals surface area contributed by atoms with Gasteiger partial charge in [-0.1, -0.05) is 65.7 Å². The van der Waals surface area contributed by atoms with Gasteiger partial charge >= 0.3 is 0 Å². The lowest BCUT2D eigenvalue weighted by molar-refractivity contribution is 0.0737. The van der Waals surface area contributed by atoms with Gasteiger partial charge in [0.2, 0.25) is 0 Å². The van der Waals surface area contributed by atoms with Crippen molar-refractivity contribution in [2.45, 2.75) is 19.6 Å². The summed E-state index contributed by atoms with van der Waals surface area (Å²) < 4.78 is 5.97. The molecule has 0 aliphatic rings. The van der Waals surface area contributed by atoms with Crippen LogP contribution in [0.15, 0.2) is 72.8 Å². The number of benzene rings is 3. The van der Waals surface area contributed by atoms with Crippen LogP contribution in [-0.4, -0.2) is 23.9 Å². The predicted molar refractivity (Wildman–Crippen MR) is 122 cm³/mol. The molecule has 0 atom stereocenters. The van der Waals surface area contributed by atoms with E-state index in [1.165, 1.54) is 0 Å². The molecule has 0 heterocycles. The molecule has 0 aromatic heterocycles. The van der Waals surface area contributed by atoms with E-state index in [0.717, 1.165) is 11.1 Å². The Labute approximate surface area is 187 Å². The van der Waals surface area contributed by atoms with E-state index < -0.39 is 0 Å². The minimum Gasteiger partial charge on any atom is -0.488 e. The number of para-hydroxylation sites is 1. The normalized spacial score (nSPS) is 10.6. The summed E-state index contributed by atoms with van der Waals surface area (Å²) in [5, 5.41) is 1.07. The summed E-state index contributed by atoms with van der Waals surface area (Å²) in [6, 6.07) is 22.4. The molecule has 0 radical (unpaired) electrons. The number of halogens is 2. The first kappa shape index (κ1) is 22.2. The van der Waals surface area contributed by atoms with Gasteiger partial charge in [0.25, 0.3) is 5.91 Å². The molecule has 156 valence electrons. The second kappa shape index (κ2) is 11.0. The Morgan fingerprint density at radius 3 is 2.27 bits per heavy atom. The smallest absolute Gasteiger partial charge is 0.257 e. The number of nitrogens with two attached hydrogens (primary N) is 1. The first-order chi connectivity index (χ1) is 14.6. The van der Waals surface area contributed by atoms with Crippen LogP contribution in [0.2, 0.25) is 10.0 Å². The molecule has 0 unspecified atom stereocenters. The predicted octanol–water partition coefficient (Wildman–Crippen LogP) is 5.56. The SMILES string of the molecule is NCCCN(Cc1cc(Cl)cc(Cl)c1)C(=O)c1ccccc1OCc1ccccc1. The molecule has 3 rings (SSSR count). The average Bonchev–Trinajstić information content (AvgIpc) is 2.75. The molecule has 3 aromatic carbocycles. The van der Waals surface area contributed by atoms with Gasteiger partial charge in [0, 0.05) is 23.1 Å². The van der Waals surface area contributed by atoms with Gasteiger partial charge in [-0.3, -0.25) is 4.79 Å². The Morgan fingerprint density at radius 2 is 1.57 bits per heavy atom. The van der Waals surface area contributed by atoms with E-state index in [1.807, 2.05) is 60.7 Å². The van der Waals surface area contributed by atoms with Gasteiger partial charge in [-0.15, -0.1) is 0 Å². The van der Waals surface area contributed by atoms with Crippen LogP contribution in [0, 0.1) is 0 Å². The molecule has 0 fully saturated rings. The topological polar surface area (TPSA) is 55.6 Å². The van der Waals surface area contributed by atoms with Gasteiger partial charge in [-0.25, -0.2) is 0 Å². The van der Waals surface area contributed by atoms with E-state index in [9.17, 15) is 4.79 Å². The van der Waals surface area contributed by atoms with Crippen molar-refractivity contribution < 1.29 is 9.53 Å². The summed E-state index contributed by atoms with van der Waals surface area (Å²) in [6.07, 6.45) is 0.688. The fraction of sp³-hybridized carbons (Fsp3) is 0.208. The number of nitrogens with zero attached hydrogens (tertiary/aromatic N) is 1. The largest absolute Gasteiger partial charge is 0.488 e. The van der Waals surface area contributed by atoms with Gasteiger partial charge in [-0.2, -0.15) is 0 Å². The third-order valence-corrected chi connectivity index (χ3v) is 5.01. The molecular weight excluding hydrogens is 419 g/mol. The number of ether oxygens (including phenoxy) is 1. The van der Waals surface area contributed by atoms with Crippen molar-refractivity contribution in [2.75, 3.05) is 13.1 Å². The number of carbonyl (C=O) groups excluding carboxylic acids is 1. The molecule has 3 aromatic rings. The van der Waals surface area contributed by atoms with Crippen LogP contribution in [0.5, 0.6) is 5.75 Å². The van der Waals surface area contributed by atoms with E-state index in [1.54, 1.807) is 17.0 Å². The summed E-state index contributed by atoms with van der Waals surface area (Å²) in [4.78, 5) is 15.1. The molecule has 2 N–H and O–H groups in total. The Balaban J connectivity index is 1.81. The molecule has 0 spiro atoms. The fourth-order valence-corrected chi connectivity index (χ4v) is 3.70. The highest BCUT2D eigenvalue weighted by Gasteiger charge is 2.20. The van der Waals surface area contributed by atoms with E-state index in [-0.39, 0.29) is 5.91 Å². The van der Waals surface area contributed by atoms with Crippen molar-refractivity contribution in [3.05, 3.63) is 99.5 Å².